The van der Waals surface area contributed by atoms with Gasteiger partial charge in [0.25, 0.3) is 5.91 Å². The molecule has 1 rings (SSSR count). The third kappa shape index (κ3) is 4.03. The van der Waals surface area contributed by atoms with Crippen molar-refractivity contribution in [2.75, 3.05) is 5.75 Å². The van der Waals surface area contributed by atoms with E-state index >= 15 is 0 Å². The van der Waals surface area contributed by atoms with Crippen LogP contribution < -0.4 is 5.48 Å². The van der Waals surface area contributed by atoms with Crippen molar-refractivity contribution < 1.29 is 14.4 Å². The minimum atomic E-state index is -0.505. The maximum Gasteiger partial charge on any atom is 0.333 e. The van der Waals surface area contributed by atoms with E-state index in [2.05, 4.69) is 22.9 Å². The Morgan fingerprint density at radius 2 is 1.93 bits per heavy atom. The fraction of sp³-hybridized carbons (Fsp3) is 0.200. The van der Waals surface area contributed by atoms with E-state index in [-0.39, 0.29) is 6.42 Å². The summed E-state index contributed by atoms with van der Waals surface area (Å²) in [7, 11) is 0. The first-order chi connectivity index (χ1) is 7.24. The molecule has 0 saturated heterocycles. The first-order valence-electron chi connectivity index (χ1n) is 4.40. The summed E-state index contributed by atoms with van der Waals surface area (Å²) in [5, 5.41) is 0. The zero-order chi connectivity index (χ0) is 11.1. The lowest BCUT2D eigenvalue weighted by molar-refractivity contribution is -0.148. The zero-order valence-corrected chi connectivity index (χ0v) is 8.87. The van der Waals surface area contributed by atoms with Crippen molar-refractivity contribution in [3.63, 3.8) is 0 Å². The standard InChI is InChI=1S/C10H11NO3S/c12-9(6-7-15)14-11-10(13)8-4-2-1-3-5-8/h1-5,15H,6-7H2,(H,11,13). The number of carbonyl (C=O) groups is 2. The predicted molar refractivity (Wildman–Crippen MR) is 58.5 cm³/mol. The molecule has 0 spiro atoms. The molecule has 15 heavy (non-hydrogen) atoms. The third-order valence-electron chi connectivity index (χ3n) is 1.61. The van der Waals surface area contributed by atoms with Crippen LogP contribution in [0.1, 0.15) is 16.8 Å². The van der Waals surface area contributed by atoms with Gasteiger partial charge >= 0.3 is 5.97 Å². The summed E-state index contributed by atoms with van der Waals surface area (Å²) in [4.78, 5) is 26.8. The van der Waals surface area contributed by atoms with Gasteiger partial charge in [0.05, 0.1) is 6.42 Å². The number of hydrogen-bond acceptors (Lipinski definition) is 4. The number of nitrogens with one attached hydrogen (secondary N) is 1. The molecule has 0 aliphatic rings. The van der Waals surface area contributed by atoms with E-state index in [0.717, 1.165) is 0 Å². The molecule has 1 amide bonds. The minimum absolute atomic E-state index is 0.165. The zero-order valence-electron chi connectivity index (χ0n) is 7.97. The van der Waals surface area contributed by atoms with Gasteiger partial charge in [0, 0.05) is 11.3 Å². The van der Waals surface area contributed by atoms with Gasteiger partial charge in [-0.3, -0.25) is 4.79 Å². The number of benzene rings is 1. The van der Waals surface area contributed by atoms with E-state index in [1.807, 2.05) is 0 Å². The summed E-state index contributed by atoms with van der Waals surface area (Å²) in [6.45, 7) is 0. The van der Waals surface area contributed by atoms with E-state index in [1.165, 1.54) is 0 Å². The van der Waals surface area contributed by atoms with Gasteiger partial charge < -0.3 is 4.84 Å². The molecule has 0 aliphatic heterocycles. The molecule has 0 heterocycles. The van der Waals surface area contributed by atoms with Crippen LogP contribution in [0.4, 0.5) is 0 Å². The van der Waals surface area contributed by atoms with Gasteiger partial charge in [0.15, 0.2) is 0 Å². The highest BCUT2D eigenvalue weighted by molar-refractivity contribution is 7.80. The Balaban J connectivity index is 2.40. The second-order valence-electron chi connectivity index (χ2n) is 2.74. The first kappa shape index (κ1) is 11.6. The van der Waals surface area contributed by atoms with Crippen LogP contribution in [0.15, 0.2) is 30.3 Å². The predicted octanol–water partition coefficient (Wildman–Crippen LogP) is 1.19. The number of thiol groups is 1. The largest absolute Gasteiger partial charge is 0.340 e. The normalized spacial score (nSPS) is 9.40. The Labute approximate surface area is 93.0 Å². The maximum absolute atomic E-state index is 11.3. The van der Waals surface area contributed by atoms with E-state index in [9.17, 15) is 9.59 Å². The first-order valence-corrected chi connectivity index (χ1v) is 5.03. The van der Waals surface area contributed by atoms with Gasteiger partial charge in [-0.1, -0.05) is 18.2 Å². The molecule has 5 heteroatoms. The van der Waals surface area contributed by atoms with Gasteiger partial charge in [0.2, 0.25) is 0 Å². The van der Waals surface area contributed by atoms with Crippen LogP contribution in [0, 0.1) is 0 Å². The van der Waals surface area contributed by atoms with Crippen molar-refractivity contribution in [2.24, 2.45) is 0 Å². The van der Waals surface area contributed by atoms with Crippen molar-refractivity contribution in [3.05, 3.63) is 35.9 Å². The minimum Gasteiger partial charge on any atom is -0.340 e. The van der Waals surface area contributed by atoms with Crippen molar-refractivity contribution in [1.29, 1.82) is 0 Å². The molecule has 1 aromatic rings. The van der Waals surface area contributed by atoms with E-state index < -0.39 is 11.9 Å². The molecule has 0 atom stereocenters. The number of hydrogen-bond donors (Lipinski definition) is 2. The lowest BCUT2D eigenvalue weighted by Crippen LogP contribution is -2.27. The second-order valence-corrected chi connectivity index (χ2v) is 3.19. The summed E-state index contributed by atoms with van der Waals surface area (Å²) in [5.74, 6) is -0.558. The molecule has 0 bridgehead atoms. The number of rotatable bonds is 3. The Kier molecular flexibility index (Phi) is 4.70. The summed E-state index contributed by atoms with van der Waals surface area (Å²) < 4.78 is 0. The Bertz CT molecular complexity index is 340. The number of hydroxylamine groups is 1. The Morgan fingerprint density at radius 1 is 1.27 bits per heavy atom. The Morgan fingerprint density at radius 3 is 2.53 bits per heavy atom. The quantitative estimate of drug-likeness (QED) is 0.600. The molecule has 4 nitrogen and oxygen atoms in total. The van der Waals surface area contributed by atoms with Crippen molar-refractivity contribution in [1.82, 2.24) is 5.48 Å². The molecule has 0 aromatic heterocycles. The maximum atomic E-state index is 11.3. The van der Waals surface area contributed by atoms with Crippen LogP contribution >= 0.6 is 12.6 Å². The molecular weight excluding hydrogens is 214 g/mol. The SMILES string of the molecule is O=C(CCS)ONC(=O)c1ccccc1. The van der Waals surface area contributed by atoms with Crippen molar-refractivity contribution in [2.45, 2.75) is 6.42 Å². The molecule has 1 N–H and O–H groups in total. The van der Waals surface area contributed by atoms with E-state index in [0.29, 0.717) is 11.3 Å². The summed E-state index contributed by atoms with van der Waals surface area (Å²) in [6, 6.07) is 8.50. The lowest BCUT2D eigenvalue weighted by atomic mass is 10.2. The molecule has 80 valence electrons. The van der Waals surface area contributed by atoms with Gasteiger partial charge in [-0.05, 0) is 12.1 Å². The van der Waals surface area contributed by atoms with E-state index in [4.69, 9.17) is 0 Å². The molecule has 1 aromatic carbocycles. The fourth-order valence-electron chi connectivity index (χ4n) is 0.894. The third-order valence-corrected chi connectivity index (χ3v) is 1.83. The summed E-state index contributed by atoms with van der Waals surface area (Å²) in [6.07, 6.45) is 0.165. The molecule has 0 aliphatic carbocycles. The second kappa shape index (κ2) is 6.08. The monoisotopic (exact) mass is 225 g/mol. The number of amides is 1. The summed E-state index contributed by atoms with van der Waals surface area (Å²) >= 11 is 3.86. The molecular formula is C10H11NO3S. The van der Waals surface area contributed by atoms with E-state index in [1.54, 1.807) is 30.3 Å². The highest BCUT2D eigenvalue weighted by atomic mass is 32.1. The van der Waals surface area contributed by atoms with Gasteiger partial charge in [-0.2, -0.15) is 18.1 Å². The lowest BCUT2D eigenvalue weighted by Gasteiger charge is -2.04. The highest BCUT2D eigenvalue weighted by Gasteiger charge is 2.07. The van der Waals surface area contributed by atoms with Crippen LogP contribution in [-0.4, -0.2) is 17.6 Å². The molecule has 0 unspecified atom stereocenters. The molecule has 0 fully saturated rings. The highest BCUT2D eigenvalue weighted by Crippen LogP contribution is 1.97. The topological polar surface area (TPSA) is 55.4 Å². The van der Waals surface area contributed by atoms with Gasteiger partial charge in [-0.15, -0.1) is 0 Å². The Hall–Kier alpha value is -1.49. The van der Waals surface area contributed by atoms with Crippen molar-refractivity contribution >= 4 is 24.5 Å². The average molecular weight is 225 g/mol. The number of carbonyl (C=O) groups excluding carboxylic acids is 2. The summed E-state index contributed by atoms with van der Waals surface area (Å²) in [5.41, 5.74) is 2.50. The van der Waals surface area contributed by atoms with Crippen LogP contribution in [0.25, 0.3) is 0 Å². The fourth-order valence-corrected chi connectivity index (χ4v) is 1.08. The van der Waals surface area contributed by atoms with Crippen LogP contribution in [-0.2, 0) is 9.63 Å². The molecule has 0 saturated carbocycles. The van der Waals surface area contributed by atoms with Crippen LogP contribution in [0.5, 0.6) is 0 Å². The molecule has 0 radical (unpaired) electrons. The van der Waals surface area contributed by atoms with Crippen molar-refractivity contribution in [3.8, 4) is 0 Å². The average Bonchev–Trinajstić information content (AvgIpc) is 2.27. The van der Waals surface area contributed by atoms with Crippen LogP contribution in [0.2, 0.25) is 0 Å². The smallest absolute Gasteiger partial charge is 0.333 e. The van der Waals surface area contributed by atoms with Gasteiger partial charge in [-0.25, -0.2) is 4.79 Å². The van der Waals surface area contributed by atoms with Crippen LogP contribution in [0.3, 0.4) is 0 Å². The van der Waals surface area contributed by atoms with Gasteiger partial charge in [0.1, 0.15) is 0 Å².